The van der Waals surface area contributed by atoms with E-state index in [2.05, 4.69) is 21.9 Å². The predicted octanol–water partition coefficient (Wildman–Crippen LogP) is 8.18. The van der Waals surface area contributed by atoms with E-state index >= 15 is 0 Å². The first-order valence-corrected chi connectivity index (χ1v) is 17.2. The van der Waals surface area contributed by atoms with Crippen LogP contribution in [0.15, 0.2) is 12.7 Å². The van der Waals surface area contributed by atoms with Crippen LogP contribution < -0.4 is 11.9 Å². The molecule has 2 rings (SSSR count). The summed E-state index contributed by atoms with van der Waals surface area (Å²) in [4.78, 5) is 22.4. The standard InChI is InChI=1S/C29H54N5O4P.H3N/c1-3-4-5-6-7-8-9-10-11-12-13-14-15-16-17-18-19-20-21-38-39(35,36)25-37-26(2)22-34-24-33-27-28(30)31-23-32-29(27)34;/h23-24,26H,3-22,25H2,1-2H3,(H,35,36)(H2,30,31,32);1H3/t26-;/m1./s1. The van der Waals surface area contributed by atoms with Gasteiger partial charge in [0.05, 0.1) is 25.6 Å². The van der Waals surface area contributed by atoms with Crippen molar-refractivity contribution in [2.45, 2.75) is 142 Å². The monoisotopic (exact) mass is 584 g/mol. The average molecular weight is 585 g/mol. The molecule has 232 valence electrons. The molecule has 2 aromatic rings. The molecule has 0 fully saturated rings. The number of fused-ring (bicyclic) bond motifs is 1. The Kier molecular flexibility index (Phi) is 20.1. The first-order chi connectivity index (χ1) is 18.9. The van der Waals surface area contributed by atoms with E-state index in [9.17, 15) is 9.46 Å². The second-order valence-corrected chi connectivity index (χ2v) is 12.7. The summed E-state index contributed by atoms with van der Waals surface area (Å²) in [5.74, 6) is 0.320. The van der Waals surface area contributed by atoms with Crippen molar-refractivity contribution in [3.63, 3.8) is 0 Å². The van der Waals surface area contributed by atoms with E-state index < -0.39 is 7.60 Å². The Morgan fingerprint density at radius 2 is 1.35 bits per heavy atom. The number of imidazole rings is 1. The van der Waals surface area contributed by atoms with Crippen molar-refractivity contribution in [1.82, 2.24) is 25.7 Å². The third-order valence-electron chi connectivity index (χ3n) is 7.20. The lowest BCUT2D eigenvalue weighted by Gasteiger charge is -2.17. The van der Waals surface area contributed by atoms with Crippen LogP contribution in [-0.2, 0) is 20.4 Å². The van der Waals surface area contributed by atoms with Crippen LogP contribution in [0.1, 0.15) is 129 Å². The molecule has 0 aliphatic rings. The molecule has 40 heavy (non-hydrogen) atoms. The van der Waals surface area contributed by atoms with E-state index in [1.165, 1.54) is 103 Å². The lowest BCUT2D eigenvalue weighted by Crippen LogP contribution is -2.17. The van der Waals surface area contributed by atoms with E-state index in [0.29, 0.717) is 23.5 Å². The van der Waals surface area contributed by atoms with E-state index in [4.69, 9.17) is 15.0 Å². The van der Waals surface area contributed by atoms with Gasteiger partial charge in [0, 0.05) is 0 Å². The van der Waals surface area contributed by atoms with Gasteiger partial charge in [-0.1, -0.05) is 116 Å². The van der Waals surface area contributed by atoms with Gasteiger partial charge in [-0.15, -0.1) is 0 Å². The highest BCUT2D eigenvalue weighted by molar-refractivity contribution is 7.52. The third-order valence-corrected chi connectivity index (χ3v) is 8.26. The highest BCUT2D eigenvalue weighted by atomic mass is 31.2. The van der Waals surface area contributed by atoms with E-state index in [1.54, 1.807) is 10.9 Å². The van der Waals surface area contributed by atoms with Crippen molar-refractivity contribution in [2.75, 3.05) is 18.7 Å². The summed E-state index contributed by atoms with van der Waals surface area (Å²) in [6.07, 6.45) is 25.9. The molecule has 0 spiro atoms. The summed E-state index contributed by atoms with van der Waals surface area (Å²) in [7, 11) is -3.78. The molecule has 0 saturated heterocycles. The molecule has 2 aromatic heterocycles. The molecule has 2 atom stereocenters. The second kappa shape index (κ2) is 22.1. The Morgan fingerprint density at radius 1 is 0.850 bits per heavy atom. The number of unbranched alkanes of at least 4 members (excludes halogenated alkanes) is 17. The zero-order valence-corrected chi connectivity index (χ0v) is 26.2. The number of hydrogen-bond donors (Lipinski definition) is 3. The molecular formula is C29H57N6O4P. The topological polar surface area (TPSA) is 160 Å². The first-order valence-electron chi connectivity index (χ1n) is 15.4. The van der Waals surface area contributed by atoms with Gasteiger partial charge in [-0.3, -0.25) is 4.57 Å². The lowest BCUT2D eigenvalue weighted by molar-refractivity contribution is 0.0715. The van der Waals surface area contributed by atoms with Crippen LogP contribution in [0.5, 0.6) is 0 Å². The summed E-state index contributed by atoms with van der Waals surface area (Å²) in [6, 6.07) is 0. The molecule has 10 nitrogen and oxygen atoms in total. The van der Waals surface area contributed by atoms with Crippen molar-refractivity contribution < 1.29 is 18.7 Å². The van der Waals surface area contributed by atoms with Crippen molar-refractivity contribution in [3.8, 4) is 0 Å². The SMILES string of the molecule is CCCCCCCCCCCCCCCCCCCCOP(=O)(O)CO[C@H](C)Cn1cnc2c(N)ncnc21.N. The van der Waals surface area contributed by atoms with Gasteiger partial charge in [0.15, 0.2) is 11.5 Å². The maximum atomic E-state index is 12.3. The Labute approximate surface area is 242 Å². The zero-order chi connectivity index (χ0) is 28.2. The molecule has 0 aliphatic heterocycles. The fourth-order valence-electron chi connectivity index (χ4n) is 4.83. The van der Waals surface area contributed by atoms with E-state index in [-0.39, 0.29) is 25.2 Å². The van der Waals surface area contributed by atoms with E-state index in [0.717, 1.165) is 19.3 Å². The molecule has 2 heterocycles. The fourth-order valence-corrected chi connectivity index (χ4v) is 5.76. The molecule has 1 unspecified atom stereocenters. The molecule has 0 radical (unpaired) electrons. The Balaban J connectivity index is 0.00000800. The molecule has 6 N–H and O–H groups in total. The van der Waals surface area contributed by atoms with Gasteiger partial charge >= 0.3 is 7.60 Å². The summed E-state index contributed by atoms with van der Waals surface area (Å²) in [5.41, 5.74) is 6.95. The van der Waals surface area contributed by atoms with Crippen molar-refractivity contribution in [1.29, 1.82) is 0 Å². The van der Waals surface area contributed by atoms with Crippen LogP contribution in [-0.4, -0.2) is 43.5 Å². The number of ether oxygens (including phenoxy) is 1. The number of nitrogens with zero attached hydrogens (tertiary/aromatic N) is 4. The molecule has 0 amide bonds. The number of anilines is 1. The maximum absolute atomic E-state index is 12.3. The quantitative estimate of drug-likeness (QED) is 0.0772. The number of nitrogens with two attached hydrogens (primary N) is 1. The van der Waals surface area contributed by atoms with Gasteiger partial charge in [0.25, 0.3) is 0 Å². The van der Waals surface area contributed by atoms with Crippen LogP contribution in [0.4, 0.5) is 5.82 Å². The minimum absolute atomic E-state index is 0. The van der Waals surface area contributed by atoms with E-state index in [1.807, 2.05) is 6.92 Å². The Hall–Kier alpha value is -1.58. The molecule has 0 bridgehead atoms. The van der Waals surface area contributed by atoms with Gasteiger partial charge < -0.3 is 30.6 Å². The van der Waals surface area contributed by atoms with Crippen molar-refractivity contribution in [2.24, 2.45) is 0 Å². The van der Waals surface area contributed by atoms with Crippen LogP contribution in [0, 0.1) is 0 Å². The second-order valence-electron chi connectivity index (χ2n) is 10.9. The third kappa shape index (κ3) is 16.0. The average Bonchev–Trinajstić information content (AvgIpc) is 3.32. The van der Waals surface area contributed by atoms with Gasteiger partial charge in [-0.25, -0.2) is 15.0 Å². The minimum atomic E-state index is -3.78. The highest BCUT2D eigenvalue weighted by Gasteiger charge is 2.21. The fraction of sp³-hybridized carbons (Fsp3) is 0.828. The lowest BCUT2D eigenvalue weighted by atomic mass is 10.0. The van der Waals surface area contributed by atoms with Gasteiger partial charge in [-0.2, -0.15) is 0 Å². The highest BCUT2D eigenvalue weighted by Crippen LogP contribution is 2.42. The van der Waals surface area contributed by atoms with Crippen molar-refractivity contribution in [3.05, 3.63) is 12.7 Å². The zero-order valence-electron chi connectivity index (χ0n) is 25.3. The normalized spacial score (nSPS) is 13.8. The Morgan fingerprint density at radius 3 is 1.88 bits per heavy atom. The van der Waals surface area contributed by atoms with Crippen molar-refractivity contribution >= 4 is 24.6 Å². The molecular weight excluding hydrogens is 527 g/mol. The summed E-state index contributed by atoms with van der Waals surface area (Å²) >= 11 is 0. The minimum Gasteiger partial charge on any atom is -0.382 e. The molecule has 0 saturated carbocycles. The van der Waals surface area contributed by atoms with Gasteiger partial charge in [-0.05, 0) is 13.3 Å². The van der Waals surface area contributed by atoms with Crippen LogP contribution in [0.2, 0.25) is 0 Å². The van der Waals surface area contributed by atoms with Crippen LogP contribution in [0.3, 0.4) is 0 Å². The number of nitrogen functional groups attached to an aromatic ring is 1. The Bertz CT molecular complexity index is 944. The number of rotatable bonds is 25. The number of aromatic nitrogens is 4. The van der Waals surface area contributed by atoms with Gasteiger partial charge in [0.1, 0.15) is 18.2 Å². The van der Waals surface area contributed by atoms with Crippen LogP contribution in [0.25, 0.3) is 11.2 Å². The molecule has 0 aromatic carbocycles. The number of hydrogen-bond acceptors (Lipinski definition) is 8. The first kappa shape index (κ1) is 36.4. The predicted molar refractivity (Wildman–Crippen MR) is 165 cm³/mol. The largest absolute Gasteiger partial charge is 0.382 e. The molecule has 11 heteroatoms. The molecule has 0 aliphatic carbocycles. The smallest absolute Gasteiger partial charge is 0.353 e. The van der Waals surface area contributed by atoms with Gasteiger partial charge in [0.2, 0.25) is 0 Å². The summed E-state index contributed by atoms with van der Waals surface area (Å²) < 4.78 is 25.0. The van der Waals surface area contributed by atoms with Crippen LogP contribution >= 0.6 is 7.60 Å². The maximum Gasteiger partial charge on any atom is 0.353 e. The summed E-state index contributed by atoms with van der Waals surface area (Å²) in [5, 5.41) is 0. The summed E-state index contributed by atoms with van der Waals surface area (Å²) in [6.45, 7) is 4.81.